The van der Waals surface area contributed by atoms with Gasteiger partial charge in [-0.05, 0) is 37.8 Å². The predicted octanol–water partition coefficient (Wildman–Crippen LogP) is 3.12. The van der Waals surface area contributed by atoms with Crippen molar-refractivity contribution in [2.45, 2.75) is 44.7 Å². The van der Waals surface area contributed by atoms with Crippen LogP contribution in [0.5, 0.6) is 0 Å². The molecule has 2 N–H and O–H groups in total. The van der Waals surface area contributed by atoms with Crippen molar-refractivity contribution in [3.63, 3.8) is 0 Å². The maximum atomic E-state index is 11.8. The molecule has 4 aromatic heterocycles. The fourth-order valence-electron chi connectivity index (χ4n) is 6.02. The lowest BCUT2D eigenvalue weighted by molar-refractivity contribution is -0.130. The number of likely N-dealkylation sites (tertiary alicyclic amines) is 1. The molecule has 0 saturated carbocycles. The van der Waals surface area contributed by atoms with Crippen molar-refractivity contribution in [3.05, 3.63) is 43.0 Å². The molecule has 5 aromatic rings. The number of amides is 1. The Bertz CT molecular complexity index is 1670. The van der Waals surface area contributed by atoms with Gasteiger partial charge in [-0.15, -0.1) is 5.10 Å². The zero-order valence-electron chi connectivity index (χ0n) is 21.8. The van der Waals surface area contributed by atoms with E-state index in [4.69, 9.17) is 15.6 Å². The number of aromatic nitrogens is 8. The second-order valence-electron chi connectivity index (χ2n) is 10.4. The molecule has 12 nitrogen and oxygen atoms in total. The van der Waals surface area contributed by atoms with E-state index < -0.39 is 0 Å². The van der Waals surface area contributed by atoms with Crippen LogP contribution in [0.2, 0.25) is 0 Å². The molecule has 200 valence electrons. The first kappa shape index (κ1) is 23.8. The van der Waals surface area contributed by atoms with Crippen LogP contribution in [0.25, 0.3) is 38.9 Å². The third kappa shape index (κ3) is 4.02. The molecule has 1 aromatic carbocycles. The van der Waals surface area contributed by atoms with Gasteiger partial charge >= 0.3 is 0 Å². The number of fused-ring (bicyclic) bond motifs is 2. The molecule has 2 aliphatic heterocycles. The van der Waals surface area contributed by atoms with Crippen molar-refractivity contribution in [1.29, 1.82) is 0 Å². The minimum Gasteiger partial charge on any atom is -0.382 e. The molecular weight excluding hydrogens is 496 g/mol. The van der Waals surface area contributed by atoms with Gasteiger partial charge in [0.15, 0.2) is 5.82 Å². The number of carbonyl (C=O) groups excluding carboxylic acids is 1. The molecule has 0 unspecified atom stereocenters. The largest absolute Gasteiger partial charge is 0.382 e. The maximum Gasteiger partial charge on any atom is 0.219 e. The Kier molecular flexibility index (Phi) is 5.76. The number of hydrogen-bond acceptors (Lipinski definition) is 8. The van der Waals surface area contributed by atoms with Gasteiger partial charge in [-0.3, -0.25) is 9.48 Å². The van der Waals surface area contributed by atoms with Crippen LogP contribution >= 0.6 is 0 Å². The Morgan fingerprint density at radius 1 is 0.974 bits per heavy atom. The molecule has 0 bridgehead atoms. The van der Waals surface area contributed by atoms with E-state index in [1.54, 1.807) is 13.1 Å². The fraction of sp³-hybridized carbons (Fsp3) is 0.407. The third-order valence-corrected chi connectivity index (χ3v) is 8.12. The molecule has 2 saturated heterocycles. The van der Waals surface area contributed by atoms with Crippen LogP contribution in [0.4, 0.5) is 5.82 Å². The highest BCUT2D eigenvalue weighted by Gasteiger charge is 2.26. The Morgan fingerprint density at radius 2 is 1.77 bits per heavy atom. The first-order chi connectivity index (χ1) is 19.1. The van der Waals surface area contributed by atoms with Crippen molar-refractivity contribution >= 4 is 28.1 Å². The van der Waals surface area contributed by atoms with Crippen molar-refractivity contribution in [2.24, 2.45) is 0 Å². The molecule has 6 heterocycles. The lowest BCUT2D eigenvalue weighted by atomic mass is 10.0. The molecule has 7 rings (SSSR count). The first-order valence-corrected chi connectivity index (χ1v) is 13.4. The Labute approximate surface area is 224 Å². The van der Waals surface area contributed by atoms with Gasteiger partial charge in [-0.1, -0.05) is 17.3 Å². The van der Waals surface area contributed by atoms with Gasteiger partial charge < -0.3 is 15.4 Å². The number of nitrogens with zero attached hydrogens (tertiary/aromatic N) is 9. The van der Waals surface area contributed by atoms with Gasteiger partial charge in [0.05, 0.1) is 41.4 Å². The number of piperidine rings is 1. The van der Waals surface area contributed by atoms with E-state index in [0.717, 1.165) is 77.7 Å². The zero-order valence-corrected chi connectivity index (χ0v) is 21.8. The Morgan fingerprint density at radius 3 is 2.56 bits per heavy atom. The number of nitrogens with two attached hydrogens (primary N) is 1. The summed E-state index contributed by atoms with van der Waals surface area (Å²) in [5, 5.41) is 19.1. The van der Waals surface area contributed by atoms with Crippen molar-refractivity contribution < 1.29 is 9.53 Å². The predicted molar refractivity (Wildman–Crippen MR) is 145 cm³/mol. The van der Waals surface area contributed by atoms with E-state index in [9.17, 15) is 4.79 Å². The Hall–Kier alpha value is -4.32. The number of carbonyl (C=O) groups is 1. The van der Waals surface area contributed by atoms with Crippen LogP contribution in [0, 0.1) is 0 Å². The van der Waals surface area contributed by atoms with E-state index in [0.29, 0.717) is 19.0 Å². The standard InChI is InChI=1S/C27H30N10O2/c1-17(38)34-8-4-20(5-9-34)35-23-12-18(2-3-19(23)14-31-35)24-13-22(26-27(28)29-16-32-37(24)26)25-15-30-33-36(25)21-6-10-39-11-7-21/h2-3,12-16,20-21H,4-11H2,1H3,(H2,28,29,32). The van der Waals surface area contributed by atoms with Gasteiger partial charge in [0, 0.05) is 49.7 Å². The summed E-state index contributed by atoms with van der Waals surface area (Å²) in [5.41, 5.74) is 11.9. The van der Waals surface area contributed by atoms with Gasteiger partial charge in [-0.2, -0.15) is 10.2 Å². The summed E-state index contributed by atoms with van der Waals surface area (Å²) in [6.45, 7) is 4.55. The summed E-state index contributed by atoms with van der Waals surface area (Å²) in [6, 6.07) is 8.90. The highest BCUT2D eigenvalue weighted by Crippen LogP contribution is 2.37. The van der Waals surface area contributed by atoms with Crippen LogP contribution in [-0.4, -0.2) is 76.5 Å². The maximum absolute atomic E-state index is 11.8. The van der Waals surface area contributed by atoms with Crippen molar-refractivity contribution in [2.75, 3.05) is 32.0 Å². The molecule has 12 heteroatoms. The number of anilines is 1. The second-order valence-corrected chi connectivity index (χ2v) is 10.4. The Balaban J connectivity index is 1.31. The minimum absolute atomic E-state index is 0.131. The number of nitrogen functional groups attached to an aromatic ring is 1. The van der Waals surface area contributed by atoms with E-state index in [-0.39, 0.29) is 18.0 Å². The summed E-state index contributed by atoms with van der Waals surface area (Å²) < 4.78 is 11.5. The molecular formula is C27H30N10O2. The molecule has 39 heavy (non-hydrogen) atoms. The lowest BCUT2D eigenvalue weighted by Gasteiger charge is -2.31. The molecule has 2 aliphatic rings. The summed E-state index contributed by atoms with van der Waals surface area (Å²) in [4.78, 5) is 18.0. The third-order valence-electron chi connectivity index (χ3n) is 8.12. The van der Waals surface area contributed by atoms with Crippen LogP contribution in [-0.2, 0) is 9.53 Å². The zero-order chi connectivity index (χ0) is 26.5. The van der Waals surface area contributed by atoms with Crippen LogP contribution < -0.4 is 5.73 Å². The van der Waals surface area contributed by atoms with Gasteiger partial charge in [0.2, 0.25) is 5.91 Å². The van der Waals surface area contributed by atoms with Crippen LogP contribution in [0.3, 0.4) is 0 Å². The molecule has 0 spiro atoms. The summed E-state index contributed by atoms with van der Waals surface area (Å²) in [5.74, 6) is 0.529. The van der Waals surface area contributed by atoms with Gasteiger partial charge in [0.1, 0.15) is 11.8 Å². The summed E-state index contributed by atoms with van der Waals surface area (Å²) in [6.07, 6.45) is 8.70. The van der Waals surface area contributed by atoms with E-state index in [1.807, 2.05) is 20.3 Å². The highest BCUT2D eigenvalue weighted by atomic mass is 16.5. The lowest BCUT2D eigenvalue weighted by Crippen LogP contribution is -2.37. The molecule has 0 atom stereocenters. The molecule has 0 radical (unpaired) electrons. The smallest absolute Gasteiger partial charge is 0.219 e. The average molecular weight is 527 g/mol. The number of hydrogen-bond donors (Lipinski definition) is 1. The van der Waals surface area contributed by atoms with E-state index >= 15 is 0 Å². The highest BCUT2D eigenvalue weighted by molar-refractivity contribution is 5.92. The molecule has 2 fully saturated rings. The second kappa shape index (κ2) is 9.45. The van der Waals surface area contributed by atoms with E-state index in [1.165, 1.54) is 6.33 Å². The monoisotopic (exact) mass is 526 g/mol. The quantitative estimate of drug-likeness (QED) is 0.378. The SMILES string of the molecule is CC(=O)N1CCC(n2ncc3ccc(-c4cc(-c5cnnn5C5CCOCC5)c5c(N)ncnn45)cc32)CC1. The van der Waals surface area contributed by atoms with Crippen LogP contribution in [0.1, 0.15) is 44.7 Å². The topological polar surface area (TPSA) is 134 Å². The number of rotatable bonds is 4. The molecule has 1 amide bonds. The van der Waals surface area contributed by atoms with Gasteiger partial charge in [-0.25, -0.2) is 14.2 Å². The molecule has 0 aliphatic carbocycles. The van der Waals surface area contributed by atoms with Crippen LogP contribution in [0.15, 0.2) is 43.0 Å². The normalized spacial score (nSPS) is 17.4. The average Bonchev–Trinajstić information content (AvgIpc) is 3.70. The first-order valence-electron chi connectivity index (χ1n) is 13.4. The number of benzene rings is 1. The summed E-state index contributed by atoms with van der Waals surface area (Å²) in [7, 11) is 0. The minimum atomic E-state index is 0.131. The fourth-order valence-corrected chi connectivity index (χ4v) is 6.02. The van der Waals surface area contributed by atoms with Gasteiger partial charge in [0.25, 0.3) is 0 Å². The van der Waals surface area contributed by atoms with Crippen molar-refractivity contribution in [1.82, 2.24) is 44.3 Å². The van der Waals surface area contributed by atoms with Crippen molar-refractivity contribution in [3.8, 4) is 22.5 Å². The number of ether oxygens (including phenoxy) is 1. The summed E-state index contributed by atoms with van der Waals surface area (Å²) >= 11 is 0. The van der Waals surface area contributed by atoms with E-state index in [2.05, 4.69) is 49.3 Å².